The van der Waals surface area contributed by atoms with Crippen molar-refractivity contribution in [3.8, 4) is 0 Å². The zero-order valence-corrected chi connectivity index (χ0v) is 9.57. The van der Waals surface area contributed by atoms with Crippen molar-refractivity contribution in [1.82, 2.24) is 14.7 Å². The number of nitro groups is 1. The number of ether oxygens (including phenoxy) is 1. The summed E-state index contributed by atoms with van der Waals surface area (Å²) in [7, 11) is 1.67. The highest BCUT2D eigenvalue weighted by molar-refractivity contribution is 5.55. The Labute approximate surface area is 98.4 Å². The molecule has 2 heterocycles. The minimum Gasteiger partial charge on any atom is -0.378 e. The van der Waals surface area contributed by atoms with Crippen molar-refractivity contribution in [1.29, 1.82) is 0 Å². The number of hydrogen-bond donors (Lipinski definition) is 0. The molecule has 0 spiro atoms. The topological polar surface area (TPSA) is 73.4 Å². The summed E-state index contributed by atoms with van der Waals surface area (Å²) in [5.41, 5.74) is 0.404. The minimum atomic E-state index is -0.425. The van der Waals surface area contributed by atoms with Crippen LogP contribution in [0.15, 0.2) is 12.4 Å². The molecule has 0 aromatic carbocycles. The number of nitrogens with zero attached hydrogens (tertiary/aromatic N) is 4. The first kappa shape index (κ1) is 11.6. The van der Waals surface area contributed by atoms with E-state index in [1.165, 1.54) is 10.9 Å². The van der Waals surface area contributed by atoms with Gasteiger partial charge in [-0.25, -0.2) is 0 Å². The van der Waals surface area contributed by atoms with E-state index >= 15 is 0 Å². The molecule has 1 aliphatic heterocycles. The molecule has 0 N–H and O–H groups in total. The molecule has 1 aromatic heterocycles. The summed E-state index contributed by atoms with van der Waals surface area (Å²) < 4.78 is 6.66. The number of aryl methyl sites for hydroxylation is 1. The van der Waals surface area contributed by atoms with E-state index in [9.17, 15) is 10.1 Å². The van der Waals surface area contributed by atoms with Crippen molar-refractivity contribution >= 4 is 11.8 Å². The van der Waals surface area contributed by atoms with Crippen LogP contribution in [-0.4, -0.2) is 45.9 Å². The van der Waals surface area contributed by atoms with Gasteiger partial charge in [0.15, 0.2) is 5.69 Å². The lowest BCUT2D eigenvalue weighted by Crippen LogP contribution is -2.31. The Balaban J connectivity index is 2.11. The number of aromatic nitrogens is 2. The first-order valence-corrected chi connectivity index (χ1v) is 5.35. The summed E-state index contributed by atoms with van der Waals surface area (Å²) in [5, 5.41) is 14.8. The predicted octanol–water partition coefficient (Wildman–Crippen LogP) is 0.631. The number of morpholine rings is 1. The molecule has 1 aromatic rings. The average molecular weight is 238 g/mol. The van der Waals surface area contributed by atoms with E-state index in [-0.39, 0.29) is 5.69 Å². The van der Waals surface area contributed by atoms with Crippen LogP contribution < -0.4 is 0 Å². The van der Waals surface area contributed by atoms with Gasteiger partial charge in [0.1, 0.15) is 6.20 Å². The highest BCUT2D eigenvalue weighted by Gasteiger charge is 2.16. The van der Waals surface area contributed by atoms with Crippen LogP contribution in [0.1, 0.15) is 5.69 Å². The highest BCUT2D eigenvalue weighted by atomic mass is 16.6. The van der Waals surface area contributed by atoms with E-state index in [0.717, 1.165) is 13.1 Å². The quantitative estimate of drug-likeness (QED) is 0.570. The van der Waals surface area contributed by atoms with Gasteiger partial charge in [-0.2, -0.15) is 5.10 Å². The standard InChI is InChI=1S/C10H14N4O3/c1-12-8-10(14(15)16)9(11-12)2-3-13-4-6-17-7-5-13/h2-3,8H,4-7H2,1H3/b3-2-. The molecule has 0 saturated carbocycles. The maximum atomic E-state index is 10.8. The molecular formula is C10H14N4O3. The Morgan fingerprint density at radius 3 is 2.88 bits per heavy atom. The zero-order valence-electron chi connectivity index (χ0n) is 9.57. The van der Waals surface area contributed by atoms with Crippen LogP contribution in [0.25, 0.3) is 6.08 Å². The third-order valence-electron chi connectivity index (χ3n) is 2.52. The molecule has 17 heavy (non-hydrogen) atoms. The van der Waals surface area contributed by atoms with Gasteiger partial charge in [-0.05, 0) is 6.08 Å². The molecule has 7 heteroatoms. The summed E-state index contributed by atoms with van der Waals surface area (Å²) in [6, 6.07) is 0. The maximum Gasteiger partial charge on any atom is 0.314 e. The molecule has 1 aliphatic rings. The summed E-state index contributed by atoms with van der Waals surface area (Å²) in [5.74, 6) is 0. The van der Waals surface area contributed by atoms with Gasteiger partial charge in [0, 0.05) is 26.3 Å². The smallest absolute Gasteiger partial charge is 0.314 e. The Morgan fingerprint density at radius 2 is 2.24 bits per heavy atom. The Morgan fingerprint density at radius 1 is 1.53 bits per heavy atom. The summed E-state index contributed by atoms with van der Waals surface area (Å²) >= 11 is 0. The van der Waals surface area contributed by atoms with Crippen molar-refractivity contribution in [3.63, 3.8) is 0 Å². The van der Waals surface area contributed by atoms with E-state index in [2.05, 4.69) is 10.00 Å². The monoisotopic (exact) mass is 238 g/mol. The molecule has 1 fully saturated rings. The van der Waals surface area contributed by atoms with Crippen LogP contribution in [0.4, 0.5) is 5.69 Å². The van der Waals surface area contributed by atoms with Crippen LogP contribution in [0.5, 0.6) is 0 Å². The largest absolute Gasteiger partial charge is 0.378 e. The minimum absolute atomic E-state index is 0.0250. The summed E-state index contributed by atoms with van der Waals surface area (Å²) in [6.07, 6.45) is 4.90. The fourth-order valence-electron chi connectivity index (χ4n) is 1.66. The second-order valence-electron chi connectivity index (χ2n) is 3.79. The van der Waals surface area contributed by atoms with Crippen molar-refractivity contribution in [3.05, 3.63) is 28.2 Å². The lowest BCUT2D eigenvalue weighted by molar-refractivity contribution is -0.385. The molecule has 0 aliphatic carbocycles. The highest BCUT2D eigenvalue weighted by Crippen LogP contribution is 2.17. The van der Waals surface area contributed by atoms with Crippen molar-refractivity contribution < 1.29 is 9.66 Å². The summed E-state index contributed by atoms with van der Waals surface area (Å²) in [4.78, 5) is 12.4. The van der Waals surface area contributed by atoms with Crippen LogP contribution in [0.3, 0.4) is 0 Å². The van der Waals surface area contributed by atoms with Crippen LogP contribution in [-0.2, 0) is 11.8 Å². The predicted molar refractivity (Wildman–Crippen MR) is 61.3 cm³/mol. The van der Waals surface area contributed by atoms with E-state index in [4.69, 9.17) is 4.74 Å². The molecule has 7 nitrogen and oxygen atoms in total. The lowest BCUT2D eigenvalue weighted by atomic mass is 10.3. The SMILES string of the molecule is Cn1cc([N+](=O)[O-])c(/C=C\N2CCOCC2)n1. The fourth-order valence-corrected chi connectivity index (χ4v) is 1.66. The average Bonchev–Trinajstić information content (AvgIpc) is 2.69. The Kier molecular flexibility index (Phi) is 3.38. The van der Waals surface area contributed by atoms with E-state index in [0.29, 0.717) is 18.9 Å². The molecule has 92 valence electrons. The van der Waals surface area contributed by atoms with Gasteiger partial charge in [0.05, 0.1) is 18.1 Å². The number of hydrogen-bond acceptors (Lipinski definition) is 5. The Bertz CT molecular complexity index is 435. The molecular weight excluding hydrogens is 224 g/mol. The summed E-state index contributed by atoms with van der Waals surface area (Å²) in [6.45, 7) is 2.98. The molecule has 2 rings (SSSR count). The van der Waals surface area contributed by atoms with Gasteiger partial charge in [-0.1, -0.05) is 0 Å². The van der Waals surface area contributed by atoms with Gasteiger partial charge in [0.2, 0.25) is 0 Å². The van der Waals surface area contributed by atoms with E-state index < -0.39 is 4.92 Å². The van der Waals surface area contributed by atoms with Crippen molar-refractivity contribution in [2.24, 2.45) is 7.05 Å². The fraction of sp³-hybridized carbons (Fsp3) is 0.500. The van der Waals surface area contributed by atoms with Crippen LogP contribution in [0.2, 0.25) is 0 Å². The van der Waals surface area contributed by atoms with Crippen LogP contribution in [0, 0.1) is 10.1 Å². The third kappa shape index (κ3) is 2.82. The molecule has 0 atom stereocenters. The first-order chi connectivity index (χ1) is 8.16. The number of rotatable bonds is 3. The second kappa shape index (κ2) is 4.96. The molecule has 0 bridgehead atoms. The zero-order chi connectivity index (χ0) is 12.3. The first-order valence-electron chi connectivity index (χ1n) is 5.35. The molecule has 0 unspecified atom stereocenters. The van der Waals surface area contributed by atoms with Crippen molar-refractivity contribution in [2.75, 3.05) is 26.3 Å². The van der Waals surface area contributed by atoms with Crippen molar-refractivity contribution in [2.45, 2.75) is 0 Å². The van der Waals surface area contributed by atoms with Gasteiger partial charge in [0.25, 0.3) is 0 Å². The normalized spacial score (nSPS) is 16.6. The van der Waals surface area contributed by atoms with E-state index in [1.807, 2.05) is 6.20 Å². The molecule has 0 amide bonds. The van der Waals surface area contributed by atoms with E-state index in [1.54, 1.807) is 13.1 Å². The van der Waals surface area contributed by atoms with Gasteiger partial charge < -0.3 is 9.64 Å². The van der Waals surface area contributed by atoms with Crippen LogP contribution >= 0.6 is 0 Å². The molecule has 0 radical (unpaired) electrons. The van der Waals surface area contributed by atoms with Gasteiger partial charge in [-0.3, -0.25) is 14.8 Å². The Hall–Kier alpha value is -1.89. The van der Waals surface area contributed by atoms with Gasteiger partial charge in [-0.15, -0.1) is 0 Å². The third-order valence-corrected chi connectivity index (χ3v) is 2.52. The molecule has 1 saturated heterocycles. The van der Waals surface area contributed by atoms with Gasteiger partial charge >= 0.3 is 5.69 Å². The second-order valence-corrected chi connectivity index (χ2v) is 3.79. The maximum absolute atomic E-state index is 10.8. The lowest BCUT2D eigenvalue weighted by Gasteiger charge is -2.24.